The first-order chi connectivity index (χ1) is 14.3. The molecule has 2 aliphatic rings. The number of aromatic nitrogens is 2. The van der Waals surface area contributed by atoms with Gasteiger partial charge in [-0.1, -0.05) is 0 Å². The Morgan fingerprint density at radius 1 is 1.33 bits per heavy atom. The van der Waals surface area contributed by atoms with Crippen molar-refractivity contribution in [3.8, 4) is 0 Å². The number of rotatable bonds is 5. The van der Waals surface area contributed by atoms with E-state index in [9.17, 15) is 22.8 Å². The van der Waals surface area contributed by atoms with Gasteiger partial charge in [0, 0.05) is 25.6 Å². The Labute approximate surface area is 173 Å². The summed E-state index contributed by atoms with van der Waals surface area (Å²) in [4.78, 5) is 43.4. The van der Waals surface area contributed by atoms with Crippen LogP contribution in [0.2, 0.25) is 0 Å². The van der Waals surface area contributed by atoms with Gasteiger partial charge in [-0.3, -0.25) is 14.2 Å². The Hall–Kier alpha value is -2.75. The fraction of sp³-hybridized carbons (Fsp3) is 0.500. The highest BCUT2D eigenvalue weighted by atomic mass is 32.2. The molecule has 1 amide bonds. The number of benzene rings is 1. The quantitative estimate of drug-likeness (QED) is 0.632. The molecule has 160 valence electrons. The van der Waals surface area contributed by atoms with E-state index < -0.39 is 28.3 Å². The van der Waals surface area contributed by atoms with Crippen LogP contribution in [0.1, 0.15) is 35.9 Å². The molecule has 0 unspecified atom stereocenters. The molecule has 30 heavy (non-hydrogen) atoms. The summed E-state index contributed by atoms with van der Waals surface area (Å²) in [5.74, 6) is -0.407. The summed E-state index contributed by atoms with van der Waals surface area (Å²) in [7, 11) is -3.12. The van der Waals surface area contributed by atoms with E-state index in [4.69, 9.17) is 4.74 Å². The molecule has 1 atom stereocenters. The Morgan fingerprint density at radius 3 is 2.83 bits per heavy atom. The predicted octanol–water partition coefficient (Wildman–Crippen LogP) is 0.535. The van der Waals surface area contributed by atoms with Crippen molar-refractivity contribution >= 4 is 32.6 Å². The van der Waals surface area contributed by atoms with Crippen molar-refractivity contribution in [3.05, 3.63) is 39.9 Å². The number of nitrogens with zero attached hydrogens (tertiary/aromatic N) is 3. The molecule has 3 heterocycles. The van der Waals surface area contributed by atoms with Gasteiger partial charge in [0.1, 0.15) is 5.82 Å². The van der Waals surface area contributed by atoms with Gasteiger partial charge < -0.3 is 9.64 Å². The van der Waals surface area contributed by atoms with Gasteiger partial charge in [0.05, 0.1) is 28.0 Å². The minimum atomic E-state index is -3.12. The number of hydrogen-bond donors (Lipinski definition) is 0. The fourth-order valence-electron chi connectivity index (χ4n) is 4.16. The minimum Gasteiger partial charge on any atom is -0.452 e. The summed E-state index contributed by atoms with van der Waals surface area (Å²) < 4.78 is 30.2. The first-order valence-electron chi connectivity index (χ1n) is 9.99. The lowest BCUT2D eigenvalue weighted by atomic mass is 10.1. The molecule has 4 rings (SSSR count). The van der Waals surface area contributed by atoms with E-state index in [1.807, 2.05) is 0 Å². The Kier molecular flexibility index (Phi) is 5.35. The standard InChI is InChI=1S/C20H23N3O6S/c1-2-22(14-7-9-30(27,28)12-14)18(24)11-29-20(26)13-5-6-15-16(10-13)21-17-4-3-8-23(17)19(15)25/h5-6,10,14H,2-4,7-9,11-12H2,1H3/t14-/m1/s1. The van der Waals surface area contributed by atoms with Gasteiger partial charge in [0.2, 0.25) is 0 Å². The van der Waals surface area contributed by atoms with Crippen molar-refractivity contribution < 1.29 is 22.7 Å². The number of hydrogen-bond acceptors (Lipinski definition) is 7. The topological polar surface area (TPSA) is 116 Å². The molecule has 0 saturated carbocycles. The molecule has 1 saturated heterocycles. The number of carbonyl (C=O) groups excluding carboxylic acids is 2. The summed E-state index contributed by atoms with van der Waals surface area (Å²) in [5.41, 5.74) is 0.518. The third-order valence-electron chi connectivity index (χ3n) is 5.69. The van der Waals surface area contributed by atoms with Crippen LogP contribution < -0.4 is 5.56 Å². The van der Waals surface area contributed by atoms with Gasteiger partial charge >= 0.3 is 5.97 Å². The maximum Gasteiger partial charge on any atom is 0.338 e. The van der Waals surface area contributed by atoms with Crippen LogP contribution in [0, 0.1) is 0 Å². The minimum absolute atomic E-state index is 0.0588. The third kappa shape index (κ3) is 3.83. The van der Waals surface area contributed by atoms with E-state index in [1.54, 1.807) is 17.6 Å². The zero-order chi connectivity index (χ0) is 21.5. The highest BCUT2D eigenvalue weighted by Gasteiger charge is 2.34. The largest absolute Gasteiger partial charge is 0.452 e. The van der Waals surface area contributed by atoms with Crippen LogP contribution in [0.25, 0.3) is 10.9 Å². The number of sulfone groups is 1. The molecule has 0 aliphatic carbocycles. The molecule has 0 spiro atoms. The van der Waals surface area contributed by atoms with Gasteiger partial charge in [-0.2, -0.15) is 0 Å². The van der Waals surface area contributed by atoms with E-state index >= 15 is 0 Å². The zero-order valence-electron chi connectivity index (χ0n) is 16.7. The lowest BCUT2D eigenvalue weighted by molar-refractivity contribution is -0.136. The lowest BCUT2D eigenvalue weighted by Crippen LogP contribution is -2.43. The van der Waals surface area contributed by atoms with Gasteiger partial charge in [-0.25, -0.2) is 18.2 Å². The number of fused-ring (bicyclic) bond motifs is 2. The molecular formula is C20H23N3O6S. The monoisotopic (exact) mass is 433 g/mol. The van der Waals surface area contributed by atoms with E-state index in [1.165, 1.54) is 17.0 Å². The number of esters is 1. The fourth-order valence-corrected chi connectivity index (χ4v) is 5.89. The van der Waals surface area contributed by atoms with Crippen LogP contribution in [-0.4, -0.2) is 65.4 Å². The van der Waals surface area contributed by atoms with Gasteiger partial charge in [0.15, 0.2) is 16.4 Å². The number of amides is 1. The summed E-state index contributed by atoms with van der Waals surface area (Å²) in [6.07, 6.45) is 1.98. The van der Waals surface area contributed by atoms with Gasteiger partial charge in [-0.05, 0) is 38.0 Å². The normalized spacial score (nSPS) is 19.6. The summed E-state index contributed by atoms with van der Waals surface area (Å²) in [6.45, 7) is 2.28. The molecule has 10 heteroatoms. The van der Waals surface area contributed by atoms with Crippen LogP contribution in [0.5, 0.6) is 0 Å². The lowest BCUT2D eigenvalue weighted by Gasteiger charge is -2.26. The highest BCUT2D eigenvalue weighted by Crippen LogP contribution is 2.19. The van der Waals surface area contributed by atoms with E-state index in [-0.39, 0.29) is 28.7 Å². The number of aryl methyl sites for hydroxylation is 1. The van der Waals surface area contributed by atoms with Gasteiger partial charge in [-0.15, -0.1) is 0 Å². The van der Waals surface area contributed by atoms with Crippen molar-refractivity contribution in [2.24, 2.45) is 0 Å². The summed E-state index contributed by atoms with van der Waals surface area (Å²) in [5, 5.41) is 0.438. The Bertz CT molecular complexity index is 1190. The molecule has 1 aromatic heterocycles. The maximum absolute atomic E-state index is 12.5. The predicted molar refractivity (Wildman–Crippen MR) is 109 cm³/mol. The number of carbonyl (C=O) groups is 2. The van der Waals surface area contributed by atoms with E-state index in [0.717, 1.165) is 12.8 Å². The third-order valence-corrected chi connectivity index (χ3v) is 7.44. The molecule has 0 radical (unpaired) electrons. The average Bonchev–Trinajstić information content (AvgIpc) is 3.32. The smallest absolute Gasteiger partial charge is 0.338 e. The molecular weight excluding hydrogens is 410 g/mol. The number of likely N-dealkylation sites (N-methyl/N-ethyl adjacent to an activating group) is 1. The Balaban J connectivity index is 1.46. The van der Waals surface area contributed by atoms with E-state index in [2.05, 4.69) is 4.98 Å². The average molecular weight is 433 g/mol. The second-order valence-electron chi connectivity index (χ2n) is 7.63. The number of ether oxygens (including phenoxy) is 1. The first kappa shape index (κ1) is 20.5. The van der Waals surface area contributed by atoms with Crippen LogP contribution in [0.4, 0.5) is 0 Å². The SMILES string of the molecule is CCN(C(=O)COC(=O)c1ccc2c(=O)n3c(nc2c1)CCC3)[C@@H]1CCS(=O)(=O)C1. The molecule has 1 aromatic carbocycles. The first-order valence-corrected chi connectivity index (χ1v) is 11.8. The van der Waals surface area contributed by atoms with Crippen LogP contribution >= 0.6 is 0 Å². The van der Waals surface area contributed by atoms with Crippen LogP contribution in [-0.2, 0) is 32.3 Å². The van der Waals surface area contributed by atoms with Crippen molar-refractivity contribution in [1.82, 2.24) is 14.5 Å². The molecule has 1 fully saturated rings. The van der Waals surface area contributed by atoms with Crippen molar-refractivity contribution in [1.29, 1.82) is 0 Å². The van der Waals surface area contributed by atoms with Gasteiger partial charge in [0.25, 0.3) is 11.5 Å². The van der Waals surface area contributed by atoms with Crippen molar-refractivity contribution in [3.63, 3.8) is 0 Å². The molecule has 9 nitrogen and oxygen atoms in total. The zero-order valence-corrected chi connectivity index (χ0v) is 17.5. The summed E-state index contributed by atoms with van der Waals surface area (Å²) in [6, 6.07) is 4.16. The second-order valence-corrected chi connectivity index (χ2v) is 9.86. The van der Waals surface area contributed by atoms with Crippen LogP contribution in [0.3, 0.4) is 0 Å². The van der Waals surface area contributed by atoms with Crippen molar-refractivity contribution in [2.75, 3.05) is 24.7 Å². The molecule has 0 N–H and O–H groups in total. The Morgan fingerprint density at radius 2 is 2.13 bits per heavy atom. The maximum atomic E-state index is 12.5. The molecule has 0 bridgehead atoms. The van der Waals surface area contributed by atoms with Crippen molar-refractivity contribution in [2.45, 2.75) is 38.8 Å². The molecule has 2 aliphatic heterocycles. The van der Waals surface area contributed by atoms with Crippen LogP contribution in [0.15, 0.2) is 23.0 Å². The van der Waals surface area contributed by atoms with E-state index in [0.29, 0.717) is 36.2 Å². The summed E-state index contributed by atoms with van der Waals surface area (Å²) >= 11 is 0. The second kappa shape index (κ2) is 7.82. The molecule has 2 aromatic rings. The highest BCUT2D eigenvalue weighted by molar-refractivity contribution is 7.91.